The summed E-state index contributed by atoms with van der Waals surface area (Å²) >= 11 is 0. The van der Waals surface area contributed by atoms with Crippen LogP contribution in [0.2, 0.25) is 0 Å². The van der Waals surface area contributed by atoms with Gasteiger partial charge in [-0.05, 0) is 23.3 Å². The number of nitrogens with one attached hydrogen (secondary N) is 1. The minimum atomic E-state index is -1.34. The number of nitrogens with zero attached hydrogens (tertiary/aromatic N) is 1. The molecule has 0 spiro atoms. The molecule has 1 saturated heterocycles. The standard InChI is InChI=1S/C23H22N2O5/c26-19(15-29-16-20-12-7-13-30-20)14-25-21(27)23(24-22(25)28,17-8-3-1-4-9-17)18-10-5-2-6-11-18/h1-13,19,26H,14-16H2,(H,24,28)/t19-/m1/s1. The molecular weight excluding hydrogens is 384 g/mol. The van der Waals surface area contributed by atoms with Crippen LogP contribution in [-0.4, -0.2) is 41.2 Å². The van der Waals surface area contributed by atoms with Crippen molar-refractivity contribution in [2.45, 2.75) is 18.2 Å². The van der Waals surface area contributed by atoms with E-state index in [4.69, 9.17) is 9.15 Å². The highest BCUT2D eigenvalue weighted by molar-refractivity contribution is 6.09. The van der Waals surface area contributed by atoms with Crippen LogP contribution in [0, 0.1) is 0 Å². The summed E-state index contributed by atoms with van der Waals surface area (Å²) in [5.74, 6) is 0.194. The van der Waals surface area contributed by atoms with Gasteiger partial charge < -0.3 is 19.6 Å². The third kappa shape index (κ3) is 3.72. The van der Waals surface area contributed by atoms with Crippen molar-refractivity contribution in [1.29, 1.82) is 0 Å². The van der Waals surface area contributed by atoms with E-state index in [2.05, 4.69) is 5.32 Å². The molecule has 3 amide bonds. The van der Waals surface area contributed by atoms with Gasteiger partial charge in [0.05, 0.1) is 25.5 Å². The Labute approximate surface area is 173 Å². The summed E-state index contributed by atoms with van der Waals surface area (Å²) < 4.78 is 10.6. The number of aliphatic hydroxyl groups excluding tert-OH is 1. The molecule has 0 aliphatic carbocycles. The molecule has 1 fully saturated rings. The number of benzene rings is 2. The van der Waals surface area contributed by atoms with Crippen molar-refractivity contribution < 1.29 is 23.8 Å². The van der Waals surface area contributed by atoms with E-state index in [1.165, 1.54) is 6.26 Å². The van der Waals surface area contributed by atoms with E-state index < -0.39 is 23.6 Å². The predicted octanol–water partition coefficient (Wildman–Crippen LogP) is 2.65. The second-order valence-corrected chi connectivity index (χ2v) is 7.08. The number of amides is 3. The molecule has 154 valence electrons. The molecule has 1 aromatic heterocycles. The Balaban J connectivity index is 1.53. The number of hydrogen-bond acceptors (Lipinski definition) is 5. The van der Waals surface area contributed by atoms with Gasteiger partial charge in [-0.25, -0.2) is 4.79 Å². The zero-order valence-corrected chi connectivity index (χ0v) is 16.2. The Morgan fingerprint density at radius 3 is 2.17 bits per heavy atom. The largest absolute Gasteiger partial charge is 0.467 e. The van der Waals surface area contributed by atoms with Crippen molar-refractivity contribution in [3.05, 3.63) is 95.9 Å². The van der Waals surface area contributed by atoms with Crippen LogP contribution in [0.1, 0.15) is 16.9 Å². The van der Waals surface area contributed by atoms with E-state index in [0.29, 0.717) is 16.9 Å². The third-order valence-corrected chi connectivity index (χ3v) is 5.05. The number of carbonyl (C=O) groups is 2. The molecule has 2 N–H and O–H groups in total. The first-order valence-corrected chi connectivity index (χ1v) is 9.64. The number of rotatable bonds is 8. The Morgan fingerprint density at radius 1 is 0.967 bits per heavy atom. The smallest absolute Gasteiger partial charge is 0.325 e. The number of ether oxygens (including phenoxy) is 1. The molecule has 7 heteroatoms. The van der Waals surface area contributed by atoms with Crippen molar-refractivity contribution in [3.63, 3.8) is 0 Å². The maximum atomic E-state index is 13.5. The highest BCUT2D eigenvalue weighted by Crippen LogP contribution is 2.36. The van der Waals surface area contributed by atoms with E-state index in [-0.39, 0.29) is 19.8 Å². The molecule has 0 saturated carbocycles. The topological polar surface area (TPSA) is 92.0 Å². The van der Waals surface area contributed by atoms with Crippen molar-refractivity contribution >= 4 is 11.9 Å². The lowest BCUT2D eigenvalue weighted by Crippen LogP contribution is -2.45. The summed E-state index contributed by atoms with van der Waals surface area (Å²) in [7, 11) is 0. The highest BCUT2D eigenvalue weighted by Gasteiger charge is 2.53. The molecule has 2 aromatic carbocycles. The van der Waals surface area contributed by atoms with Crippen LogP contribution in [0.4, 0.5) is 4.79 Å². The van der Waals surface area contributed by atoms with Crippen LogP contribution in [-0.2, 0) is 21.7 Å². The van der Waals surface area contributed by atoms with Crippen molar-refractivity contribution in [2.24, 2.45) is 0 Å². The van der Waals surface area contributed by atoms with Gasteiger partial charge in [0.2, 0.25) is 0 Å². The molecule has 4 rings (SSSR count). The lowest BCUT2D eigenvalue weighted by molar-refractivity contribution is -0.131. The minimum absolute atomic E-state index is 0.0402. The lowest BCUT2D eigenvalue weighted by Gasteiger charge is -2.28. The van der Waals surface area contributed by atoms with Gasteiger partial charge in [0.15, 0.2) is 5.54 Å². The normalized spacial score (nSPS) is 16.5. The van der Waals surface area contributed by atoms with Gasteiger partial charge in [-0.3, -0.25) is 9.69 Å². The zero-order chi connectivity index (χ0) is 21.0. The Morgan fingerprint density at radius 2 is 1.60 bits per heavy atom. The zero-order valence-electron chi connectivity index (χ0n) is 16.2. The Kier molecular flexibility index (Phi) is 5.65. The van der Waals surface area contributed by atoms with Crippen LogP contribution in [0.3, 0.4) is 0 Å². The minimum Gasteiger partial charge on any atom is -0.467 e. The predicted molar refractivity (Wildman–Crippen MR) is 108 cm³/mol. The first-order chi connectivity index (χ1) is 14.6. The van der Waals surface area contributed by atoms with Gasteiger partial charge in [-0.1, -0.05) is 60.7 Å². The molecule has 1 atom stereocenters. The number of aliphatic hydroxyl groups is 1. The summed E-state index contributed by atoms with van der Waals surface area (Å²) in [6, 6.07) is 21.1. The summed E-state index contributed by atoms with van der Waals surface area (Å²) in [5.41, 5.74) is -0.0323. The number of hydrogen-bond donors (Lipinski definition) is 2. The molecular formula is C23H22N2O5. The third-order valence-electron chi connectivity index (χ3n) is 5.05. The number of carbonyl (C=O) groups excluding carboxylic acids is 2. The average molecular weight is 406 g/mol. The number of β-amino-alcohol motifs (C(OH)–C–C–N with tert-alkyl or cyclic N) is 1. The Bertz CT molecular complexity index is 949. The fraction of sp³-hybridized carbons (Fsp3) is 0.217. The number of urea groups is 1. The Hall–Kier alpha value is -3.42. The maximum Gasteiger partial charge on any atom is 0.325 e. The molecule has 7 nitrogen and oxygen atoms in total. The SMILES string of the molecule is O=C1NC(c2ccccc2)(c2ccccc2)C(=O)N1C[C@@H](O)COCc1ccco1. The summed E-state index contributed by atoms with van der Waals surface area (Å²) in [6.07, 6.45) is 0.506. The summed E-state index contributed by atoms with van der Waals surface area (Å²) in [5, 5.41) is 13.2. The molecule has 0 radical (unpaired) electrons. The van der Waals surface area contributed by atoms with E-state index >= 15 is 0 Å². The van der Waals surface area contributed by atoms with Gasteiger partial charge in [0.25, 0.3) is 5.91 Å². The van der Waals surface area contributed by atoms with Crippen LogP contribution < -0.4 is 5.32 Å². The van der Waals surface area contributed by atoms with Gasteiger partial charge in [-0.15, -0.1) is 0 Å². The van der Waals surface area contributed by atoms with Crippen LogP contribution >= 0.6 is 0 Å². The molecule has 1 aliphatic rings. The van der Waals surface area contributed by atoms with E-state index in [0.717, 1.165) is 4.90 Å². The monoisotopic (exact) mass is 406 g/mol. The van der Waals surface area contributed by atoms with Crippen molar-refractivity contribution in [2.75, 3.05) is 13.2 Å². The molecule has 2 heterocycles. The lowest BCUT2D eigenvalue weighted by atomic mass is 9.82. The molecule has 0 bridgehead atoms. The van der Waals surface area contributed by atoms with Crippen LogP contribution in [0.25, 0.3) is 0 Å². The van der Waals surface area contributed by atoms with E-state index in [9.17, 15) is 14.7 Å². The fourth-order valence-corrected chi connectivity index (χ4v) is 3.63. The van der Waals surface area contributed by atoms with Gasteiger partial charge in [0.1, 0.15) is 12.4 Å². The number of furan rings is 1. The summed E-state index contributed by atoms with van der Waals surface area (Å²) in [4.78, 5) is 27.3. The molecule has 3 aromatic rings. The first-order valence-electron chi connectivity index (χ1n) is 9.64. The first kappa shape index (κ1) is 19.9. The molecule has 30 heavy (non-hydrogen) atoms. The summed E-state index contributed by atoms with van der Waals surface area (Å²) in [6.45, 7) is -0.0200. The number of imide groups is 1. The van der Waals surface area contributed by atoms with E-state index in [1.807, 2.05) is 36.4 Å². The second-order valence-electron chi connectivity index (χ2n) is 7.08. The second kappa shape index (κ2) is 8.52. The van der Waals surface area contributed by atoms with Gasteiger partial charge in [0, 0.05) is 0 Å². The highest BCUT2D eigenvalue weighted by atomic mass is 16.5. The van der Waals surface area contributed by atoms with Crippen molar-refractivity contribution in [1.82, 2.24) is 10.2 Å². The van der Waals surface area contributed by atoms with E-state index in [1.54, 1.807) is 36.4 Å². The van der Waals surface area contributed by atoms with Gasteiger partial charge >= 0.3 is 6.03 Å². The van der Waals surface area contributed by atoms with Crippen LogP contribution in [0.15, 0.2) is 83.5 Å². The molecule has 0 unspecified atom stereocenters. The fourth-order valence-electron chi connectivity index (χ4n) is 3.63. The quantitative estimate of drug-likeness (QED) is 0.561. The van der Waals surface area contributed by atoms with Crippen molar-refractivity contribution in [3.8, 4) is 0 Å². The molecule has 1 aliphatic heterocycles. The van der Waals surface area contributed by atoms with Gasteiger partial charge in [-0.2, -0.15) is 0 Å². The average Bonchev–Trinajstić information content (AvgIpc) is 3.38. The maximum absolute atomic E-state index is 13.5. The van der Waals surface area contributed by atoms with Crippen LogP contribution in [0.5, 0.6) is 0 Å².